The number of rotatable bonds is 8. The van der Waals surface area contributed by atoms with Crippen molar-refractivity contribution in [2.24, 2.45) is 0 Å². The third-order valence-electron chi connectivity index (χ3n) is 5.81. The Morgan fingerprint density at radius 1 is 1.22 bits per heavy atom. The van der Waals surface area contributed by atoms with E-state index < -0.39 is 11.9 Å². The summed E-state index contributed by atoms with van der Waals surface area (Å²) >= 11 is 13.7. The van der Waals surface area contributed by atoms with E-state index in [1.807, 2.05) is 13.0 Å². The Balaban J connectivity index is 1.58. The van der Waals surface area contributed by atoms with Crippen LogP contribution in [-0.2, 0) is 22.4 Å². The van der Waals surface area contributed by atoms with Crippen molar-refractivity contribution in [3.05, 3.63) is 67.7 Å². The lowest BCUT2D eigenvalue weighted by atomic mass is 9.95. The minimum absolute atomic E-state index is 0.162. The highest BCUT2D eigenvalue weighted by Crippen LogP contribution is 2.39. The monoisotopic (exact) mass is 542 g/mol. The first-order chi connectivity index (χ1) is 17.4. The summed E-state index contributed by atoms with van der Waals surface area (Å²) < 4.78 is 11.3. The molecule has 0 unspecified atom stereocenters. The van der Waals surface area contributed by atoms with Crippen molar-refractivity contribution in [1.82, 2.24) is 0 Å². The number of esters is 1. The molecule has 4 rings (SSSR count). The van der Waals surface area contributed by atoms with Gasteiger partial charge in [-0.05, 0) is 68.0 Å². The molecule has 1 N–H and O–H groups in total. The summed E-state index contributed by atoms with van der Waals surface area (Å²) in [7, 11) is 0. The van der Waals surface area contributed by atoms with E-state index in [1.54, 1.807) is 30.3 Å². The minimum Gasteiger partial charge on any atom is -0.462 e. The van der Waals surface area contributed by atoms with Crippen LogP contribution < -0.4 is 5.32 Å². The molecule has 6 nitrogen and oxygen atoms in total. The van der Waals surface area contributed by atoms with Crippen molar-refractivity contribution < 1.29 is 18.7 Å². The Labute approximate surface area is 223 Å². The van der Waals surface area contributed by atoms with Gasteiger partial charge in [-0.3, -0.25) is 4.79 Å². The van der Waals surface area contributed by atoms with E-state index in [0.717, 1.165) is 49.0 Å². The average molecular weight is 543 g/mol. The number of hydrogen-bond acceptors (Lipinski definition) is 6. The summed E-state index contributed by atoms with van der Waals surface area (Å²) in [5.41, 5.74) is 1.79. The third kappa shape index (κ3) is 5.84. The minimum atomic E-state index is -0.627. The van der Waals surface area contributed by atoms with Crippen LogP contribution in [0, 0.1) is 11.3 Å². The van der Waals surface area contributed by atoms with E-state index >= 15 is 0 Å². The van der Waals surface area contributed by atoms with Gasteiger partial charge in [0.05, 0.1) is 17.2 Å². The second kappa shape index (κ2) is 11.8. The molecule has 9 heteroatoms. The molecule has 0 saturated heterocycles. The highest BCUT2D eigenvalue weighted by atomic mass is 35.5. The van der Waals surface area contributed by atoms with Gasteiger partial charge >= 0.3 is 5.97 Å². The Morgan fingerprint density at radius 3 is 2.81 bits per heavy atom. The summed E-state index contributed by atoms with van der Waals surface area (Å²) in [6.07, 6.45) is 6.66. The van der Waals surface area contributed by atoms with Crippen LogP contribution in [0.3, 0.4) is 0 Å². The zero-order valence-electron chi connectivity index (χ0n) is 19.7. The van der Waals surface area contributed by atoms with Gasteiger partial charge in [-0.15, -0.1) is 11.3 Å². The molecule has 0 radical (unpaired) electrons. The SMILES string of the molecule is CCCCOC(=O)c1c(NC(=O)/C(C#N)=C/c2ccc(-c3cc(Cl)ccc3Cl)o2)sc2c1CCCC2. The number of nitrogens with one attached hydrogen (secondary N) is 1. The van der Waals surface area contributed by atoms with Gasteiger partial charge in [0.15, 0.2) is 0 Å². The van der Waals surface area contributed by atoms with Gasteiger partial charge in [-0.25, -0.2) is 4.79 Å². The molecular weight excluding hydrogens is 519 g/mol. The number of carbonyl (C=O) groups is 2. The summed E-state index contributed by atoms with van der Waals surface area (Å²) in [5.74, 6) is -0.306. The lowest BCUT2D eigenvalue weighted by Crippen LogP contribution is -2.17. The van der Waals surface area contributed by atoms with Gasteiger partial charge in [-0.2, -0.15) is 5.26 Å². The van der Waals surface area contributed by atoms with Crippen molar-refractivity contribution in [1.29, 1.82) is 5.26 Å². The number of anilines is 1. The highest BCUT2D eigenvalue weighted by Gasteiger charge is 2.28. The number of furan rings is 1. The fourth-order valence-corrected chi connectivity index (χ4v) is 5.63. The van der Waals surface area contributed by atoms with Crippen LogP contribution in [0.2, 0.25) is 10.0 Å². The molecule has 2 heterocycles. The average Bonchev–Trinajstić information content (AvgIpc) is 3.48. The quantitative estimate of drug-likeness (QED) is 0.136. The maximum absolute atomic E-state index is 13.0. The largest absolute Gasteiger partial charge is 0.462 e. The maximum atomic E-state index is 13.0. The number of ether oxygens (including phenoxy) is 1. The normalized spacial score (nSPS) is 13.1. The molecule has 0 saturated carbocycles. The first kappa shape index (κ1) is 26.0. The Morgan fingerprint density at radius 2 is 2.03 bits per heavy atom. The highest BCUT2D eigenvalue weighted by molar-refractivity contribution is 7.17. The van der Waals surface area contributed by atoms with Gasteiger partial charge in [0, 0.05) is 21.5 Å². The summed E-state index contributed by atoms with van der Waals surface area (Å²) in [6, 6.07) is 10.3. The fourth-order valence-electron chi connectivity index (χ4n) is 3.97. The number of amides is 1. The van der Waals surface area contributed by atoms with Gasteiger partial charge < -0.3 is 14.5 Å². The van der Waals surface area contributed by atoms with Gasteiger partial charge in [0.2, 0.25) is 0 Å². The number of hydrogen-bond donors (Lipinski definition) is 1. The van der Waals surface area contributed by atoms with E-state index in [4.69, 9.17) is 32.4 Å². The zero-order valence-corrected chi connectivity index (χ0v) is 22.0. The molecular formula is C27H24Cl2N2O4S. The van der Waals surface area contributed by atoms with Crippen LogP contribution in [0.25, 0.3) is 17.4 Å². The number of nitriles is 1. The number of benzene rings is 1. The van der Waals surface area contributed by atoms with Crippen LogP contribution in [0.1, 0.15) is 59.2 Å². The molecule has 0 atom stereocenters. The number of carbonyl (C=O) groups excluding carboxylic acids is 2. The smallest absolute Gasteiger partial charge is 0.341 e. The number of halogens is 2. The topological polar surface area (TPSA) is 92.3 Å². The molecule has 0 bridgehead atoms. The van der Waals surface area contributed by atoms with E-state index in [1.165, 1.54) is 17.4 Å². The van der Waals surface area contributed by atoms with Crippen molar-refractivity contribution in [2.75, 3.05) is 11.9 Å². The number of thiophene rings is 1. The predicted octanol–water partition coefficient (Wildman–Crippen LogP) is 7.70. The van der Waals surface area contributed by atoms with E-state index in [-0.39, 0.29) is 5.57 Å². The Hall–Kier alpha value is -3.05. The van der Waals surface area contributed by atoms with Crippen LogP contribution in [0.4, 0.5) is 5.00 Å². The number of unbranched alkanes of at least 4 members (excludes halogenated alkanes) is 1. The van der Waals surface area contributed by atoms with Crippen molar-refractivity contribution >= 4 is 57.5 Å². The van der Waals surface area contributed by atoms with Crippen molar-refractivity contribution in [2.45, 2.75) is 45.4 Å². The molecule has 36 heavy (non-hydrogen) atoms. The summed E-state index contributed by atoms with van der Waals surface area (Å²) in [4.78, 5) is 27.0. The van der Waals surface area contributed by atoms with E-state index in [9.17, 15) is 14.9 Å². The molecule has 0 aliphatic heterocycles. The lowest BCUT2D eigenvalue weighted by Gasteiger charge is -2.12. The fraction of sp³-hybridized carbons (Fsp3) is 0.296. The number of fused-ring (bicyclic) bond motifs is 1. The summed E-state index contributed by atoms with van der Waals surface area (Å²) in [5, 5.41) is 13.8. The Kier molecular flexibility index (Phi) is 8.52. The second-order valence-electron chi connectivity index (χ2n) is 8.35. The van der Waals surface area contributed by atoms with Crippen LogP contribution in [0.5, 0.6) is 0 Å². The van der Waals surface area contributed by atoms with Crippen LogP contribution in [0.15, 0.2) is 40.3 Å². The molecule has 1 amide bonds. The van der Waals surface area contributed by atoms with Crippen molar-refractivity contribution in [3.8, 4) is 17.4 Å². The van der Waals surface area contributed by atoms with Crippen molar-refractivity contribution in [3.63, 3.8) is 0 Å². The lowest BCUT2D eigenvalue weighted by molar-refractivity contribution is -0.112. The Bertz CT molecular complexity index is 1370. The zero-order chi connectivity index (χ0) is 25.7. The van der Waals surface area contributed by atoms with E-state index in [2.05, 4.69) is 5.32 Å². The third-order valence-corrected chi connectivity index (χ3v) is 7.58. The standard InChI is InChI=1S/C27H24Cl2N2O4S/c1-2-3-12-34-27(33)24-19-6-4-5-7-23(19)36-26(24)31-25(32)16(15-30)13-18-9-11-22(35-18)20-14-17(28)8-10-21(20)29/h8-11,13-14H,2-7,12H2,1H3,(H,31,32)/b16-13+. The summed E-state index contributed by atoms with van der Waals surface area (Å²) in [6.45, 7) is 2.35. The molecule has 0 spiro atoms. The molecule has 3 aromatic rings. The number of aryl methyl sites for hydroxylation is 1. The molecule has 1 aromatic carbocycles. The van der Waals surface area contributed by atoms with E-state index in [0.29, 0.717) is 44.3 Å². The number of nitrogens with zero attached hydrogens (tertiary/aromatic N) is 1. The maximum Gasteiger partial charge on any atom is 0.341 e. The second-order valence-corrected chi connectivity index (χ2v) is 10.3. The van der Waals surface area contributed by atoms with Gasteiger partial charge in [0.25, 0.3) is 5.91 Å². The predicted molar refractivity (Wildman–Crippen MR) is 143 cm³/mol. The molecule has 0 fully saturated rings. The molecule has 2 aromatic heterocycles. The van der Waals surface area contributed by atoms with Gasteiger partial charge in [0.1, 0.15) is 28.2 Å². The molecule has 186 valence electrons. The molecule has 1 aliphatic carbocycles. The first-order valence-corrected chi connectivity index (χ1v) is 13.3. The van der Waals surface area contributed by atoms with Crippen LogP contribution >= 0.6 is 34.5 Å². The first-order valence-electron chi connectivity index (χ1n) is 11.7. The van der Waals surface area contributed by atoms with Crippen LogP contribution in [-0.4, -0.2) is 18.5 Å². The van der Waals surface area contributed by atoms with Gasteiger partial charge in [-0.1, -0.05) is 36.5 Å². The molecule has 1 aliphatic rings.